The van der Waals surface area contributed by atoms with Crippen LogP contribution in [-0.4, -0.2) is 35.1 Å². The number of hydrogen-bond donors (Lipinski definition) is 1. The van der Waals surface area contributed by atoms with Crippen LogP contribution < -0.4 is 0 Å². The molecule has 0 bridgehead atoms. The van der Waals surface area contributed by atoms with Gasteiger partial charge in [0.1, 0.15) is 0 Å². The number of aryl methyl sites for hydroxylation is 1. The molecule has 0 fully saturated rings. The van der Waals surface area contributed by atoms with Crippen LogP contribution in [0.4, 0.5) is 0 Å². The van der Waals surface area contributed by atoms with E-state index in [4.69, 9.17) is 0 Å². The molecular weight excluding hydrogens is 250 g/mol. The molecule has 1 aromatic rings. The van der Waals surface area contributed by atoms with Crippen LogP contribution in [0.1, 0.15) is 44.7 Å². The summed E-state index contributed by atoms with van der Waals surface area (Å²) in [5.41, 5.74) is 1.50. The number of carbonyl (C=O) groups is 1. The Labute approximate surface area is 122 Å². The summed E-state index contributed by atoms with van der Waals surface area (Å²) in [5.74, 6) is 0.0356. The number of aliphatic hydroxyl groups is 1. The standard InChI is InChI=1S/C17H27NO2/c1-5-6-7-14-8-10-15(11-9-14)12-16(19)18(4)13-17(2,3)20/h8-11,20H,5-7,12-13H2,1-4H3. The number of nitrogens with zero attached hydrogens (tertiary/aromatic N) is 1. The lowest BCUT2D eigenvalue weighted by molar-refractivity contribution is -0.131. The van der Waals surface area contributed by atoms with Gasteiger partial charge in [0.05, 0.1) is 12.0 Å². The van der Waals surface area contributed by atoms with Crippen LogP contribution in [-0.2, 0) is 17.6 Å². The molecule has 3 nitrogen and oxygen atoms in total. The van der Waals surface area contributed by atoms with Crippen LogP contribution in [0.25, 0.3) is 0 Å². The van der Waals surface area contributed by atoms with E-state index in [9.17, 15) is 9.90 Å². The van der Waals surface area contributed by atoms with E-state index in [0.29, 0.717) is 13.0 Å². The largest absolute Gasteiger partial charge is 0.389 e. The second-order valence-electron chi connectivity index (χ2n) is 6.16. The molecule has 0 heterocycles. The van der Waals surface area contributed by atoms with Gasteiger partial charge in [0, 0.05) is 13.6 Å². The summed E-state index contributed by atoms with van der Waals surface area (Å²) in [7, 11) is 1.73. The van der Waals surface area contributed by atoms with E-state index in [1.54, 1.807) is 25.8 Å². The van der Waals surface area contributed by atoms with Crippen LogP contribution in [0, 0.1) is 0 Å². The monoisotopic (exact) mass is 277 g/mol. The first-order chi connectivity index (χ1) is 9.31. The zero-order chi connectivity index (χ0) is 15.2. The van der Waals surface area contributed by atoms with Gasteiger partial charge in [0.15, 0.2) is 0 Å². The molecular formula is C17H27NO2. The maximum Gasteiger partial charge on any atom is 0.226 e. The van der Waals surface area contributed by atoms with E-state index in [2.05, 4.69) is 19.1 Å². The Morgan fingerprint density at radius 2 is 1.75 bits per heavy atom. The highest BCUT2D eigenvalue weighted by molar-refractivity contribution is 5.78. The van der Waals surface area contributed by atoms with Crippen LogP contribution in [0.2, 0.25) is 0 Å². The van der Waals surface area contributed by atoms with Gasteiger partial charge in [-0.2, -0.15) is 0 Å². The van der Waals surface area contributed by atoms with E-state index >= 15 is 0 Å². The van der Waals surface area contributed by atoms with Crippen molar-refractivity contribution in [3.8, 4) is 0 Å². The Balaban J connectivity index is 2.53. The Bertz CT molecular complexity index is 418. The molecule has 0 atom stereocenters. The second-order valence-corrected chi connectivity index (χ2v) is 6.16. The normalized spacial score (nSPS) is 11.4. The molecule has 1 rings (SSSR count). The van der Waals surface area contributed by atoms with E-state index in [1.165, 1.54) is 18.4 Å². The molecule has 20 heavy (non-hydrogen) atoms. The molecule has 1 N–H and O–H groups in total. The molecule has 0 radical (unpaired) electrons. The Morgan fingerprint density at radius 1 is 1.20 bits per heavy atom. The summed E-state index contributed by atoms with van der Waals surface area (Å²) in [6, 6.07) is 8.27. The van der Waals surface area contributed by atoms with Gasteiger partial charge in [-0.25, -0.2) is 0 Å². The smallest absolute Gasteiger partial charge is 0.226 e. The molecule has 0 aliphatic rings. The lowest BCUT2D eigenvalue weighted by Gasteiger charge is -2.25. The predicted molar refractivity (Wildman–Crippen MR) is 82.7 cm³/mol. The third-order valence-electron chi connectivity index (χ3n) is 3.25. The zero-order valence-electron chi connectivity index (χ0n) is 13.1. The van der Waals surface area contributed by atoms with Crippen LogP contribution >= 0.6 is 0 Å². The average molecular weight is 277 g/mol. The fourth-order valence-electron chi connectivity index (χ4n) is 2.18. The maximum absolute atomic E-state index is 12.1. The van der Waals surface area contributed by atoms with Gasteiger partial charge < -0.3 is 10.0 Å². The summed E-state index contributed by atoms with van der Waals surface area (Å²) in [4.78, 5) is 13.7. The fourth-order valence-corrected chi connectivity index (χ4v) is 2.18. The van der Waals surface area contributed by atoms with Crippen molar-refractivity contribution >= 4 is 5.91 Å². The summed E-state index contributed by atoms with van der Waals surface area (Å²) in [6.07, 6.45) is 3.89. The van der Waals surface area contributed by atoms with Gasteiger partial charge in [-0.05, 0) is 37.8 Å². The Kier molecular flexibility index (Phi) is 6.21. The van der Waals surface area contributed by atoms with Crippen molar-refractivity contribution in [1.29, 1.82) is 0 Å². The summed E-state index contributed by atoms with van der Waals surface area (Å²) in [5, 5.41) is 9.73. The average Bonchev–Trinajstić information content (AvgIpc) is 2.36. The van der Waals surface area contributed by atoms with Crippen molar-refractivity contribution in [2.45, 2.75) is 52.1 Å². The quantitative estimate of drug-likeness (QED) is 0.832. The van der Waals surface area contributed by atoms with Gasteiger partial charge in [-0.15, -0.1) is 0 Å². The van der Waals surface area contributed by atoms with Gasteiger partial charge in [-0.1, -0.05) is 37.6 Å². The van der Waals surface area contributed by atoms with Crippen LogP contribution in [0.15, 0.2) is 24.3 Å². The number of amides is 1. The first kappa shape index (κ1) is 16.7. The van der Waals surface area contributed by atoms with Gasteiger partial charge >= 0.3 is 0 Å². The number of likely N-dealkylation sites (N-methyl/N-ethyl adjacent to an activating group) is 1. The highest BCUT2D eigenvalue weighted by Crippen LogP contribution is 2.10. The van der Waals surface area contributed by atoms with E-state index in [1.807, 2.05) is 12.1 Å². The molecule has 0 aliphatic carbocycles. The molecule has 0 aromatic heterocycles. The van der Waals surface area contributed by atoms with Crippen LogP contribution in [0.3, 0.4) is 0 Å². The topological polar surface area (TPSA) is 40.5 Å². The third-order valence-corrected chi connectivity index (χ3v) is 3.25. The minimum atomic E-state index is -0.853. The lowest BCUT2D eigenvalue weighted by atomic mass is 10.0. The minimum absolute atomic E-state index is 0.0356. The van der Waals surface area contributed by atoms with E-state index in [0.717, 1.165) is 12.0 Å². The van der Waals surface area contributed by atoms with Crippen molar-refractivity contribution in [3.63, 3.8) is 0 Å². The second kappa shape index (κ2) is 7.44. The van der Waals surface area contributed by atoms with Gasteiger partial charge in [0.2, 0.25) is 5.91 Å². The Hall–Kier alpha value is -1.35. The summed E-state index contributed by atoms with van der Waals surface area (Å²) in [6.45, 7) is 5.95. The molecule has 0 aliphatic heterocycles. The van der Waals surface area contributed by atoms with Crippen molar-refractivity contribution in [2.24, 2.45) is 0 Å². The first-order valence-corrected chi connectivity index (χ1v) is 7.36. The highest BCUT2D eigenvalue weighted by Gasteiger charge is 2.19. The van der Waals surface area contributed by atoms with Crippen molar-refractivity contribution < 1.29 is 9.90 Å². The molecule has 0 saturated carbocycles. The molecule has 3 heteroatoms. The minimum Gasteiger partial charge on any atom is -0.389 e. The van der Waals surface area contributed by atoms with Gasteiger partial charge in [0.25, 0.3) is 0 Å². The highest BCUT2D eigenvalue weighted by atomic mass is 16.3. The first-order valence-electron chi connectivity index (χ1n) is 7.36. The molecule has 0 unspecified atom stereocenters. The molecule has 0 spiro atoms. The maximum atomic E-state index is 12.1. The number of carbonyl (C=O) groups excluding carboxylic acids is 1. The zero-order valence-corrected chi connectivity index (χ0v) is 13.1. The summed E-state index contributed by atoms with van der Waals surface area (Å²) >= 11 is 0. The van der Waals surface area contributed by atoms with Crippen molar-refractivity contribution in [1.82, 2.24) is 4.90 Å². The molecule has 0 saturated heterocycles. The predicted octanol–water partition coefficient (Wildman–Crippen LogP) is 2.80. The van der Waals surface area contributed by atoms with E-state index < -0.39 is 5.60 Å². The Morgan fingerprint density at radius 3 is 2.25 bits per heavy atom. The van der Waals surface area contributed by atoms with Crippen LogP contribution in [0.5, 0.6) is 0 Å². The van der Waals surface area contributed by atoms with Gasteiger partial charge in [-0.3, -0.25) is 4.79 Å². The molecule has 1 amide bonds. The number of benzene rings is 1. The van der Waals surface area contributed by atoms with Crippen molar-refractivity contribution in [3.05, 3.63) is 35.4 Å². The molecule has 1 aromatic carbocycles. The fraction of sp³-hybridized carbons (Fsp3) is 0.588. The van der Waals surface area contributed by atoms with E-state index in [-0.39, 0.29) is 5.91 Å². The third kappa shape index (κ3) is 6.20. The number of hydrogen-bond acceptors (Lipinski definition) is 2. The number of rotatable bonds is 7. The number of unbranched alkanes of at least 4 members (excludes halogenated alkanes) is 1. The lowest BCUT2D eigenvalue weighted by Crippen LogP contribution is -2.40. The van der Waals surface area contributed by atoms with Crippen molar-refractivity contribution in [2.75, 3.05) is 13.6 Å². The SMILES string of the molecule is CCCCc1ccc(CC(=O)N(C)CC(C)(C)O)cc1. The molecule has 112 valence electrons. The summed E-state index contributed by atoms with van der Waals surface area (Å²) < 4.78 is 0.